The zero-order chi connectivity index (χ0) is 29.3. The van der Waals surface area contributed by atoms with E-state index in [1.807, 2.05) is 19.1 Å². The Morgan fingerprint density at radius 3 is 2.46 bits per heavy atom. The highest BCUT2D eigenvalue weighted by Crippen LogP contribution is 2.25. The number of aromatic nitrogens is 1. The van der Waals surface area contributed by atoms with Gasteiger partial charge in [0, 0.05) is 33.3 Å². The summed E-state index contributed by atoms with van der Waals surface area (Å²) >= 11 is 6.52. The van der Waals surface area contributed by atoms with E-state index >= 15 is 0 Å². The van der Waals surface area contributed by atoms with Crippen molar-refractivity contribution >= 4 is 33.2 Å². The summed E-state index contributed by atoms with van der Waals surface area (Å²) in [6.07, 6.45) is 4.36. The molecule has 0 aliphatic carbocycles. The molecule has 2 heterocycles. The maximum absolute atomic E-state index is 14.4. The average molecular weight is 590 g/mol. The van der Waals surface area contributed by atoms with Crippen molar-refractivity contribution in [1.29, 1.82) is 0 Å². The number of halogens is 2. The second kappa shape index (κ2) is 11.5. The maximum Gasteiger partial charge on any atom is 0.260 e. The van der Waals surface area contributed by atoms with Crippen molar-refractivity contribution in [2.45, 2.75) is 38.1 Å². The predicted octanol–water partition coefficient (Wildman–Crippen LogP) is 5.61. The number of sulfone groups is 1. The average Bonchev–Trinajstić information content (AvgIpc) is 3.11. The number of hydrogen-bond acceptors (Lipinski definition) is 5. The maximum atomic E-state index is 14.4. The molecule has 210 valence electrons. The largest absolute Gasteiger partial charge is 0.340 e. The normalized spacial score (nSPS) is 13.2. The van der Waals surface area contributed by atoms with E-state index in [2.05, 4.69) is 5.32 Å². The van der Waals surface area contributed by atoms with E-state index in [1.165, 1.54) is 16.7 Å². The standard InChI is InChI=1S/C32H29ClFN3O3S/c1-4-21-14-15-22-17-26(25-10-6-7-11-27(25)33)32(38)37(19-23-9-5-8-12-29(23)41(3,39)40)31(22)36-30(21)35-24-16-13-20(2)28(34)18-24/h5-13,15-18,35H,4,14,19H2,1-3H3. The van der Waals surface area contributed by atoms with Gasteiger partial charge >= 0.3 is 0 Å². The lowest BCUT2D eigenvalue weighted by Crippen LogP contribution is -2.44. The van der Waals surface area contributed by atoms with Gasteiger partial charge in [0.1, 0.15) is 17.1 Å². The van der Waals surface area contributed by atoms with E-state index in [1.54, 1.807) is 61.5 Å². The molecule has 1 aromatic heterocycles. The summed E-state index contributed by atoms with van der Waals surface area (Å²) in [5.41, 5.74) is 3.45. The highest BCUT2D eigenvalue weighted by molar-refractivity contribution is 7.90. The van der Waals surface area contributed by atoms with Crippen LogP contribution in [0.2, 0.25) is 5.02 Å². The molecular formula is C32H29ClFN3O3S. The Balaban J connectivity index is 1.79. The number of fused-ring (bicyclic) bond motifs is 1. The Kier molecular flexibility index (Phi) is 7.98. The number of hydrogen-bond donors (Lipinski definition) is 1. The van der Waals surface area contributed by atoms with Gasteiger partial charge in [-0.15, -0.1) is 0 Å². The lowest BCUT2D eigenvalue weighted by atomic mass is 10.1. The molecule has 3 aromatic carbocycles. The molecule has 0 saturated carbocycles. The number of nitrogens with zero attached hydrogens (tertiary/aromatic N) is 2. The smallest absolute Gasteiger partial charge is 0.260 e. The molecule has 1 N–H and O–H groups in total. The topological polar surface area (TPSA) is 80.5 Å². The first kappa shape index (κ1) is 28.5. The Morgan fingerprint density at radius 2 is 1.76 bits per heavy atom. The van der Waals surface area contributed by atoms with E-state index in [-0.39, 0.29) is 22.8 Å². The van der Waals surface area contributed by atoms with Crippen molar-refractivity contribution in [3.63, 3.8) is 0 Å². The number of anilines is 1. The van der Waals surface area contributed by atoms with Crippen molar-refractivity contribution in [3.8, 4) is 11.1 Å². The van der Waals surface area contributed by atoms with Gasteiger partial charge in [-0.1, -0.05) is 67.1 Å². The van der Waals surface area contributed by atoms with E-state index in [9.17, 15) is 17.6 Å². The highest BCUT2D eigenvalue weighted by atomic mass is 35.5. The van der Waals surface area contributed by atoms with Gasteiger partial charge in [0.05, 0.1) is 11.4 Å². The number of aryl methyl sites for hydroxylation is 1. The fourth-order valence-corrected chi connectivity index (χ4v) is 6.06. The van der Waals surface area contributed by atoms with Crippen molar-refractivity contribution in [3.05, 3.63) is 127 Å². The van der Waals surface area contributed by atoms with Crippen molar-refractivity contribution in [1.82, 2.24) is 4.57 Å². The number of pyridine rings is 1. The van der Waals surface area contributed by atoms with Crippen LogP contribution in [-0.2, 0) is 16.4 Å². The fourth-order valence-electron chi connectivity index (χ4n) is 4.89. The fraction of sp³-hybridized carbons (Fsp3) is 0.188. The van der Waals surface area contributed by atoms with Gasteiger partial charge in [0.15, 0.2) is 9.84 Å². The molecule has 0 amide bonds. The zero-order valence-corrected chi connectivity index (χ0v) is 24.5. The van der Waals surface area contributed by atoms with E-state index < -0.39 is 9.84 Å². The quantitative estimate of drug-likeness (QED) is 0.304. The molecule has 41 heavy (non-hydrogen) atoms. The van der Waals surface area contributed by atoms with Gasteiger partial charge < -0.3 is 5.32 Å². The summed E-state index contributed by atoms with van der Waals surface area (Å²) in [6, 6.07) is 20.4. The van der Waals surface area contributed by atoms with E-state index in [4.69, 9.17) is 16.6 Å². The minimum absolute atomic E-state index is 0.0338. The number of benzene rings is 3. The molecule has 0 saturated heterocycles. The molecule has 0 atom stereocenters. The van der Waals surface area contributed by atoms with Crippen LogP contribution in [0.3, 0.4) is 0 Å². The van der Waals surface area contributed by atoms with Gasteiger partial charge in [-0.2, -0.15) is 0 Å². The van der Waals surface area contributed by atoms with Gasteiger partial charge in [0.25, 0.3) is 5.56 Å². The van der Waals surface area contributed by atoms with E-state index in [0.29, 0.717) is 62.3 Å². The summed E-state index contributed by atoms with van der Waals surface area (Å²) < 4.78 is 41.1. The molecule has 0 bridgehead atoms. The summed E-state index contributed by atoms with van der Waals surface area (Å²) in [6.45, 7) is 3.67. The first-order valence-corrected chi connectivity index (χ1v) is 15.4. The molecule has 9 heteroatoms. The number of allylic oxidation sites excluding steroid dienone is 1. The van der Waals surface area contributed by atoms with Crippen LogP contribution < -0.4 is 21.6 Å². The molecular weight excluding hydrogens is 561 g/mol. The Labute approximate surface area is 243 Å². The third kappa shape index (κ3) is 5.89. The molecule has 1 aliphatic rings. The Bertz CT molecular complexity index is 2000. The summed E-state index contributed by atoms with van der Waals surface area (Å²) in [5, 5.41) is 4.38. The highest BCUT2D eigenvalue weighted by Gasteiger charge is 2.19. The van der Waals surface area contributed by atoms with Crippen LogP contribution in [0.1, 0.15) is 30.9 Å². The Morgan fingerprint density at radius 1 is 1.02 bits per heavy atom. The van der Waals surface area contributed by atoms with Gasteiger partial charge in [-0.05, 0) is 66.8 Å². The second-order valence-corrected chi connectivity index (χ2v) is 12.4. The minimum atomic E-state index is -3.57. The molecule has 0 spiro atoms. The molecule has 0 unspecified atom stereocenters. The van der Waals surface area contributed by atoms with Crippen LogP contribution in [0.4, 0.5) is 10.1 Å². The predicted molar refractivity (Wildman–Crippen MR) is 162 cm³/mol. The van der Waals surface area contributed by atoms with Gasteiger partial charge in [-0.3, -0.25) is 9.36 Å². The summed E-state index contributed by atoms with van der Waals surface area (Å²) in [7, 11) is -3.57. The third-order valence-electron chi connectivity index (χ3n) is 7.14. The lowest BCUT2D eigenvalue weighted by molar-refractivity contribution is 0.598. The zero-order valence-electron chi connectivity index (χ0n) is 22.9. The molecule has 0 fully saturated rings. The number of rotatable bonds is 7. The first-order valence-electron chi connectivity index (χ1n) is 13.2. The van der Waals surface area contributed by atoms with Gasteiger partial charge in [-0.25, -0.2) is 17.8 Å². The third-order valence-corrected chi connectivity index (χ3v) is 8.66. The van der Waals surface area contributed by atoms with Crippen LogP contribution in [-0.4, -0.2) is 19.2 Å². The van der Waals surface area contributed by atoms with Crippen LogP contribution in [0.5, 0.6) is 0 Å². The van der Waals surface area contributed by atoms with Crippen molar-refractivity contribution in [2.75, 3.05) is 11.6 Å². The van der Waals surface area contributed by atoms with Crippen molar-refractivity contribution < 1.29 is 12.8 Å². The van der Waals surface area contributed by atoms with Crippen LogP contribution in [0.25, 0.3) is 17.2 Å². The van der Waals surface area contributed by atoms with Crippen LogP contribution >= 0.6 is 11.6 Å². The lowest BCUT2D eigenvalue weighted by Gasteiger charge is -2.15. The summed E-state index contributed by atoms with van der Waals surface area (Å²) in [4.78, 5) is 19.2. The monoisotopic (exact) mass is 589 g/mol. The SMILES string of the molecule is CCC1=C(Nc2ccc(C)c(F)c2)N=c2c(cc(-c3ccccc3Cl)c(=O)n2Cc2ccccc2S(C)(=O)=O)=CC1. The molecule has 6 nitrogen and oxygen atoms in total. The van der Waals surface area contributed by atoms with Gasteiger partial charge in [0.2, 0.25) is 0 Å². The molecule has 4 aromatic rings. The minimum Gasteiger partial charge on any atom is -0.340 e. The second-order valence-electron chi connectivity index (χ2n) is 10.0. The Hall–Kier alpha value is -4.01. The first-order chi connectivity index (χ1) is 19.6. The van der Waals surface area contributed by atoms with Crippen LogP contribution in [0.15, 0.2) is 98.9 Å². The summed E-state index contributed by atoms with van der Waals surface area (Å²) in [5.74, 6) is 0.175. The number of nitrogens with one attached hydrogen (secondary N) is 1. The van der Waals surface area contributed by atoms with E-state index in [0.717, 1.165) is 11.8 Å². The van der Waals surface area contributed by atoms with Crippen molar-refractivity contribution in [2.24, 2.45) is 4.99 Å². The molecule has 0 radical (unpaired) electrons. The molecule has 5 rings (SSSR count). The van der Waals surface area contributed by atoms with Crippen LogP contribution in [0, 0.1) is 12.7 Å². The molecule has 1 aliphatic heterocycles.